The zero-order valence-electron chi connectivity index (χ0n) is 69.1. The van der Waals surface area contributed by atoms with Crippen LogP contribution in [0.3, 0.4) is 0 Å². The number of nitrogens with two attached hydrogens (primary N) is 3. The van der Waals surface area contributed by atoms with Gasteiger partial charge >= 0.3 is 6.09 Å². The summed E-state index contributed by atoms with van der Waals surface area (Å²) in [6.07, 6.45) is 6.89. The number of likely N-dealkylation sites (N-methyl/N-ethyl adjacent to an activating group) is 1. The van der Waals surface area contributed by atoms with E-state index in [1.54, 1.807) is 52.1 Å². The van der Waals surface area contributed by atoms with Crippen molar-refractivity contribution in [2.24, 2.45) is 39.6 Å². The van der Waals surface area contributed by atoms with E-state index in [0.29, 0.717) is 117 Å². The summed E-state index contributed by atoms with van der Waals surface area (Å²) in [7, 11) is 6.25. The van der Waals surface area contributed by atoms with Gasteiger partial charge in [-0.3, -0.25) is 63.5 Å². The molecule has 12 rings (SSSR count). The molecular formula is C84H114N18O16S2. The molecule has 8 heterocycles. The number of hydrazine groups is 1. The van der Waals surface area contributed by atoms with E-state index in [4.69, 9.17) is 31.4 Å². The first kappa shape index (κ1) is 89.3. The van der Waals surface area contributed by atoms with E-state index in [1.807, 2.05) is 56.1 Å². The molecule has 36 heteroatoms. The third-order valence-electron chi connectivity index (χ3n) is 25.6. The summed E-state index contributed by atoms with van der Waals surface area (Å²) in [5, 5.41) is 54.3. The Balaban J connectivity index is 0.589. The summed E-state index contributed by atoms with van der Waals surface area (Å²) >= 11 is 0. The molecule has 1 saturated carbocycles. The average Bonchev–Trinajstić information content (AvgIpc) is 1.47. The van der Waals surface area contributed by atoms with Crippen LogP contribution in [0.1, 0.15) is 163 Å². The molecule has 120 heavy (non-hydrogen) atoms. The Morgan fingerprint density at radius 1 is 0.867 bits per heavy atom. The minimum atomic E-state index is -2.58. The summed E-state index contributed by atoms with van der Waals surface area (Å²) < 4.78 is 18.1. The molecule has 648 valence electrons. The highest BCUT2D eigenvalue weighted by Crippen LogP contribution is 2.68. The standard InChI is InChI=1S/C84H114N18O16S2/c1-8-80(114)40-51-41-82(46-117-47-103,67-57(25-31-101(44-51)45-80)56-17-10-11-18-60(56)94-67)59-38-58-62(39-65(59)116-7)100(6)74-83(58)27-32-102-30-15-26-81(9-2,73(83)102)75(111)84(74,115)76(112)98-99-79(113)118-33-35-120-119-34-14-20-63(105)50(5)92-69(107)49(4)37-64(106)61(19-13-29-89-77(85)86)95-70(108)48(3)36-55(104)16-12-28-88-71(109)52-21-23-53(24-22-52)90-42-54-43-91-68-66(93-54)72(110)97-78(87)96-68/h10-11,15,17-18,21-24,26,38-39,43,47-51,57,61,67,73-75,90,94,111,114-115H,8-9,12-14,16,19-20,25,27-37,40-42,44-46H2,1-7H3,(H,88,109)(H,92,107)(H,95,108)(H,98,112)(H,99,113)(H4,85,86,89)(H3,87,91,96,97,110)/t48-,49-,50+,51-,57?,61+,67?,73+,74-,75-,80?,81-,82+,83-,84-/m1/s1. The van der Waals surface area contributed by atoms with Crippen molar-refractivity contribution in [2.75, 3.05) is 106 Å². The zero-order valence-corrected chi connectivity index (χ0v) is 70.7. The van der Waals surface area contributed by atoms with Crippen LogP contribution in [0.2, 0.25) is 0 Å². The number of para-hydroxylation sites is 1. The van der Waals surface area contributed by atoms with Crippen molar-refractivity contribution in [1.29, 1.82) is 0 Å². The predicted molar refractivity (Wildman–Crippen MR) is 455 cm³/mol. The second kappa shape index (κ2) is 38.4. The Hall–Kier alpha value is -9.98. The van der Waals surface area contributed by atoms with Crippen molar-refractivity contribution in [3.05, 3.63) is 117 Å². The number of ketones is 3. The van der Waals surface area contributed by atoms with Gasteiger partial charge in [0.1, 0.15) is 30.9 Å². The number of hydrogen-bond donors (Lipinski definition) is 14. The molecule has 2 bridgehead atoms. The highest BCUT2D eigenvalue weighted by molar-refractivity contribution is 8.76. The van der Waals surface area contributed by atoms with Gasteiger partial charge in [0.15, 0.2) is 34.3 Å². The number of rotatable bonds is 38. The summed E-state index contributed by atoms with van der Waals surface area (Å²) in [6.45, 7) is 12.8. The molecule has 6 aliphatic heterocycles. The van der Waals surface area contributed by atoms with Crippen LogP contribution in [0, 0.1) is 23.2 Å². The number of methoxy groups -OCH3 is 1. The topological polar surface area (TPSA) is 498 Å². The average molecular weight is 1700 g/mol. The van der Waals surface area contributed by atoms with Gasteiger partial charge in [0.2, 0.25) is 17.8 Å². The number of hydrogen-bond acceptors (Lipinski definition) is 28. The summed E-state index contributed by atoms with van der Waals surface area (Å²) in [4.78, 5) is 159. The third-order valence-corrected chi connectivity index (χ3v) is 28.0. The second-order valence-corrected chi connectivity index (χ2v) is 36.0. The number of carbonyl (C=O) groups is 9. The number of H-pyrrole nitrogens is 1. The summed E-state index contributed by atoms with van der Waals surface area (Å²) in [6, 6.07) is 15.3. The fourth-order valence-electron chi connectivity index (χ4n) is 19.9. The molecule has 3 aromatic carbocycles. The first-order valence-electron chi connectivity index (χ1n) is 41.4. The number of amides is 5. The van der Waals surface area contributed by atoms with Crippen LogP contribution >= 0.6 is 21.6 Å². The Morgan fingerprint density at radius 2 is 1.62 bits per heavy atom. The monoisotopic (exact) mass is 1690 g/mol. The quantitative estimate of drug-likeness (QED) is 0.00498. The lowest BCUT2D eigenvalue weighted by Crippen LogP contribution is -2.82. The molecule has 2 aromatic heterocycles. The van der Waals surface area contributed by atoms with Crippen molar-refractivity contribution >= 4 is 115 Å². The highest BCUT2D eigenvalue weighted by Gasteiger charge is 2.79. The Morgan fingerprint density at radius 3 is 2.38 bits per heavy atom. The number of nitrogens with one attached hydrogen (secondary N) is 8. The number of aliphatic hydroxyl groups is 3. The molecule has 1 spiro atoms. The first-order chi connectivity index (χ1) is 57.5. The van der Waals surface area contributed by atoms with Crippen molar-refractivity contribution in [3.63, 3.8) is 0 Å². The van der Waals surface area contributed by atoms with Gasteiger partial charge in [0.05, 0.1) is 54.7 Å². The first-order valence-corrected chi connectivity index (χ1v) is 43.9. The molecule has 5 amide bonds. The van der Waals surface area contributed by atoms with Gasteiger partial charge in [0, 0.05) is 152 Å². The van der Waals surface area contributed by atoms with E-state index in [-0.39, 0.29) is 123 Å². The maximum atomic E-state index is 15.3. The van der Waals surface area contributed by atoms with Crippen LogP contribution < -0.4 is 69.8 Å². The molecule has 3 saturated heterocycles. The number of nitrogens with zero attached hydrogens (tertiary/aromatic N) is 7. The number of benzene rings is 3. The van der Waals surface area contributed by atoms with Crippen LogP contribution in [0.25, 0.3) is 11.2 Å². The van der Waals surface area contributed by atoms with E-state index in [9.17, 15) is 58.5 Å². The van der Waals surface area contributed by atoms with Crippen LogP contribution in [0.5, 0.6) is 5.75 Å². The van der Waals surface area contributed by atoms with Gasteiger partial charge in [-0.1, -0.05) is 79.6 Å². The second-order valence-electron chi connectivity index (χ2n) is 33.3. The molecule has 4 fully saturated rings. The minimum Gasteiger partial charge on any atom is -0.496 e. The largest absolute Gasteiger partial charge is 0.496 e. The molecule has 1 aliphatic carbocycles. The lowest BCUT2D eigenvalue weighted by atomic mass is 9.47. The molecule has 5 aromatic rings. The number of aliphatic imine (C=N–C) groups is 1. The Labute approximate surface area is 704 Å². The summed E-state index contributed by atoms with van der Waals surface area (Å²) in [5.41, 5.74) is 20.4. The van der Waals surface area contributed by atoms with E-state index in [1.165, 1.54) is 27.8 Å². The van der Waals surface area contributed by atoms with Gasteiger partial charge in [-0.2, -0.15) is 4.98 Å². The maximum absolute atomic E-state index is 15.3. The molecular weight excluding hydrogens is 1580 g/mol. The zero-order chi connectivity index (χ0) is 86.0. The van der Waals surface area contributed by atoms with Gasteiger partial charge in [0.25, 0.3) is 23.8 Å². The molecule has 17 N–H and O–H groups in total. The fraction of sp³-hybridized carbons (Fsp3) is 0.571. The van der Waals surface area contributed by atoms with E-state index < -0.39 is 105 Å². The number of aromatic nitrogens is 4. The van der Waals surface area contributed by atoms with E-state index in [2.05, 4.69) is 90.4 Å². The number of carbonyl (C=O) groups excluding carboxylic acids is 9. The fourth-order valence-corrected chi connectivity index (χ4v) is 21.8. The van der Waals surface area contributed by atoms with Crippen LogP contribution in [0.15, 0.2) is 88.8 Å². The molecule has 4 unspecified atom stereocenters. The number of aliphatic hydroxyl groups excluding tert-OH is 1. The number of fused-ring (bicyclic) bond motifs is 7. The lowest BCUT2D eigenvalue weighted by molar-refractivity contribution is -0.204. The van der Waals surface area contributed by atoms with Crippen LogP contribution in [-0.2, 0) is 60.4 Å². The van der Waals surface area contributed by atoms with Gasteiger partial charge in [-0.15, -0.1) is 0 Å². The van der Waals surface area contributed by atoms with Gasteiger partial charge in [-0.05, 0) is 138 Å². The maximum Gasteiger partial charge on any atom is 0.426 e. The van der Waals surface area contributed by atoms with Crippen LogP contribution in [-0.4, -0.2) is 237 Å². The Kier molecular flexibility index (Phi) is 28.6. The molecule has 7 aliphatic rings. The van der Waals surface area contributed by atoms with E-state index in [0.717, 1.165) is 41.9 Å². The number of nitrogen functional groups attached to an aromatic ring is 1. The predicted octanol–water partition coefficient (Wildman–Crippen LogP) is 4.30. The number of ether oxygens (including phenoxy) is 3. The highest BCUT2D eigenvalue weighted by atomic mass is 33.1. The van der Waals surface area contributed by atoms with Crippen molar-refractivity contribution < 1.29 is 72.7 Å². The van der Waals surface area contributed by atoms with Crippen molar-refractivity contribution in [3.8, 4) is 5.75 Å². The van der Waals surface area contributed by atoms with Crippen molar-refractivity contribution in [1.82, 2.24) is 56.5 Å². The normalized spacial score (nSPS) is 26.4. The van der Waals surface area contributed by atoms with Gasteiger partial charge in [-0.25, -0.2) is 20.2 Å². The number of guanidine groups is 1. The number of anilines is 4. The number of piperidine rings is 1. The molecule has 34 nitrogen and oxygen atoms in total. The minimum absolute atomic E-state index is 0.0175. The number of aromatic amines is 1. The van der Waals surface area contributed by atoms with Crippen molar-refractivity contribution in [2.45, 2.75) is 195 Å². The smallest absolute Gasteiger partial charge is 0.426 e. The summed E-state index contributed by atoms with van der Waals surface area (Å²) in [5.74, 6) is -4.06. The van der Waals surface area contributed by atoms with E-state index >= 15 is 4.79 Å². The SMILES string of the molecule is CCC1(O)C[C@H]2CN(CCC3c4ccccc4NC3[C@@](COC=O)(c3cc4c(cc3OC)N(C)[C@H]3[C@](O)(C(=O)NNC(=O)OCCSSCCCC(=O)[C@H](C)NC(=O)[C@H](C)CC(=O)[C@H](CCCN=C(N)N)NC(=O)[C@H](C)CC(=O)CCCNC(=O)c5ccc(NCc6cnc7nc(N)[nH]c(=O)c7n6)cc5)[C@H](O)[C@]5(CC)C=CCN6CC[C@]43[C@@H]65)C2)C1. The molecule has 0 radical (unpaired) electrons. The molecule has 16 atom stereocenters. The third kappa shape index (κ3) is 18.7. The number of Topliss-reactive ketones (excluding diaryl/α,β-unsaturated/α-hetero) is 3. The van der Waals surface area contributed by atoms with Gasteiger partial charge < -0.3 is 83.1 Å². The van der Waals surface area contributed by atoms with Crippen LogP contribution in [0.4, 0.5) is 27.8 Å². The Bertz CT molecular complexity index is 4750. The lowest BCUT2D eigenvalue weighted by Gasteiger charge is -2.63.